The van der Waals surface area contributed by atoms with Crippen LogP contribution in [0.4, 0.5) is 4.39 Å². The van der Waals surface area contributed by atoms with Gasteiger partial charge in [0.25, 0.3) is 0 Å². The van der Waals surface area contributed by atoms with E-state index in [9.17, 15) is 9.18 Å². The third kappa shape index (κ3) is 5.10. The van der Waals surface area contributed by atoms with Crippen LogP contribution in [0.2, 0.25) is 0 Å². The summed E-state index contributed by atoms with van der Waals surface area (Å²) in [7, 11) is 0. The Kier molecular flexibility index (Phi) is 6.12. The maximum atomic E-state index is 13.0. The summed E-state index contributed by atoms with van der Waals surface area (Å²) in [6.45, 7) is 2.38. The predicted octanol–water partition coefficient (Wildman–Crippen LogP) is 2.93. The topological polar surface area (TPSA) is 45.2 Å². The molecule has 132 valence electrons. The van der Waals surface area contributed by atoms with Gasteiger partial charge in [0.15, 0.2) is 0 Å². The molecule has 0 spiro atoms. The van der Waals surface area contributed by atoms with Crippen molar-refractivity contribution in [3.05, 3.63) is 65.7 Å². The first kappa shape index (κ1) is 17.5. The molecule has 25 heavy (non-hydrogen) atoms. The number of halogens is 1. The van der Waals surface area contributed by atoms with Gasteiger partial charge in [0, 0.05) is 37.9 Å². The minimum absolute atomic E-state index is 0.224. The third-order valence-electron chi connectivity index (χ3n) is 4.71. The summed E-state index contributed by atoms with van der Waals surface area (Å²) in [6, 6.07) is 10.8. The Morgan fingerprint density at radius 2 is 2.04 bits per heavy atom. The van der Waals surface area contributed by atoms with Crippen molar-refractivity contribution in [1.29, 1.82) is 0 Å². The predicted molar refractivity (Wildman–Crippen MR) is 95.4 cm³/mol. The highest BCUT2D eigenvalue weighted by atomic mass is 19.1. The van der Waals surface area contributed by atoms with E-state index >= 15 is 0 Å². The number of rotatable bonds is 8. The molecular weight excluding hydrogens is 317 g/mol. The van der Waals surface area contributed by atoms with Crippen LogP contribution in [0.15, 0.2) is 48.8 Å². The van der Waals surface area contributed by atoms with Gasteiger partial charge in [0.05, 0.1) is 0 Å². The van der Waals surface area contributed by atoms with Crippen molar-refractivity contribution in [2.45, 2.75) is 38.3 Å². The number of hydrogen-bond donors (Lipinski definition) is 1. The lowest BCUT2D eigenvalue weighted by Crippen LogP contribution is -2.36. The van der Waals surface area contributed by atoms with Gasteiger partial charge in [-0.05, 0) is 55.1 Å². The number of aromatic nitrogens is 1. The molecule has 0 saturated carbocycles. The van der Waals surface area contributed by atoms with E-state index in [0.29, 0.717) is 19.0 Å². The molecular formula is C20H24FN3O. The fourth-order valence-corrected chi connectivity index (χ4v) is 3.31. The maximum absolute atomic E-state index is 13.0. The summed E-state index contributed by atoms with van der Waals surface area (Å²) in [6.07, 6.45) is 6.92. The zero-order valence-electron chi connectivity index (χ0n) is 14.3. The van der Waals surface area contributed by atoms with Crippen LogP contribution in [0, 0.1) is 5.82 Å². The largest absolute Gasteiger partial charge is 0.339 e. The van der Waals surface area contributed by atoms with Crippen LogP contribution in [0.3, 0.4) is 0 Å². The number of likely N-dealkylation sites (tertiary alicyclic amines) is 1. The lowest BCUT2D eigenvalue weighted by Gasteiger charge is -2.25. The molecule has 1 saturated heterocycles. The Morgan fingerprint density at radius 1 is 1.20 bits per heavy atom. The number of nitrogens with one attached hydrogen (secondary N) is 1. The second kappa shape index (κ2) is 8.72. The zero-order chi connectivity index (χ0) is 17.5. The molecule has 1 aliphatic rings. The zero-order valence-corrected chi connectivity index (χ0v) is 14.3. The highest BCUT2D eigenvalue weighted by Crippen LogP contribution is 2.21. The minimum Gasteiger partial charge on any atom is -0.339 e. The Bertz CT molecular complexity index is 675. The minimum atomic E-state index is -0.224. The van der Waals surface area contributed by atoms with E-state index in [2.05, 4.69) is 10.3 Å². The first-order valence-corrected chi connectivity index (χ1v) is 8.86. The second-order valence-corrected chi connectivity index (χ2v) is 6.48. The molecule has 2 aromatic rings. The SMILES string of the molecule is O=C1CC[C@@H](CCNCc2cccnc2)N1CCc1ccc(F)cc1. The van der Waals surface area contributed by atoms with E-state index in [1.807, 2.05) is 23.2 Å². The summed E-state index contributed by atoms with van der Waals surface area (Å²) in [5.41, 5.74) is 2.23. The number of carbonyl (C=O) groups excluding carboxylic acids is 1. The van der Waals surface area contributed by atoms with E-state index < -0.39 is 0 Å². The summed E-state index contributed by atoms with van der Waals surface area (Å²) in [5, 5.41) is 3.42. The van der Waals surface area contributed by atoms with Crippen molar-refractivity contribution in [3.63, 3.8) is 0 Å². The standard InChI is InChI=1S/C20H24FN3O/c21-18-5-3-16(4-6-18)10-13-24-19(7-8-20(24)25)9-12-23-15-17-2-1-11-22-14-17/h1-6,11,14,19,23H,7-10,12-13,15H2/t19-/m0/s1. The molecule has 1 N–H and O–H groups in total. The molecule has 1 aromatic carbocycles. The average Bonchev–Trinajstić information content (AvgIpc) is 2.99. The van der Waals surface area contributed by atoms with Crippen molar-refractivity contribution in [3.8, 4) is 0 Å². The smallest absolute Gasteiger partial charge is 0.222 e. The molecule has 1 fully saturated rings. The third-order valence-corrected chi connectivity index (χ3v) is 4.71. The molecule has 1 amide bonds. The van der Waals surface area contributed by atoms with Gasteiger partial charge in [-0.25, -0.2) is 4.39 Å². The summed E-state index contributed by atoms with van der Waals surface area (Å²) in [4.78, 5) is 18.3. The molecule has 0 radical (unpaired) electrons. The number of hydrogen-bond acceptors (Lipinski definition) is 3. The van der Waals surface area contributed by atoms with Gasteiger partial charge >= 0.3 is 0 Å². The van der Waals surface area contributed by atoms with Gasteiger partial charge in [-0.15, -0.1) is 0 Å². The van der Waals surface area contributed by atoms with E-state index in [4.69, 9.17) is 0 Å². The van der Waals surface area contributed by atoms with Gasteiger partial charge < -0.3 is 10.2 Å². The van der Waals surface area contributed by atoms with Crippen LogP contribution in [0.1, 0.15) is 30.4 Å². The van der Waals surface area contributed by atoms with Gasteiger partial charge in [-0.3, -0.25) is 9.78 Å². The van der Waals surface area contributed by atoms with Gasteiger partial charge in [0.1, 0.15) is 5.82 Å². The molecule has 4 nitrogen and oxygen atoms in total. The summed E-state index contributed by atoms with van der Waals surface area (Å²) >= 11 is 0. The summed E-state index contributed by atoms with van der Waals surface area (Å²) in [5.74, 6) is 0.0120. The fourth-order valence-electron chi connectivity index (χ4n) is 3.31. The highest BCUT2D eigenvalue weighted by Gasteiger charge is 2.29. The van der Waals surface area contributed by atoms with Crippen LogP contribution >= 0.6 is 0 Å². The normalized spacial score (nSPS) is 17.2. The number of benzene rings is 1. The van der Waals surface area contributed by atoms with Crippen LogP contribution in [-0.4, -0.2) is 34.9 Å². The lowest BCUT2D eigenvalue weighted by atomic mass is 10.1. The number of carbonyl (C=O) groups is 1. The fraction of sp³-hybridized carbons (Fsp3) is 0.400. The molecule has 1 atom stereocenters. The van der Waals surface area contributed by atoms with Crippen LogP contribution in [0.5, 0.6) is 0 Å². The van der Waals surface area contributed by atoms with Crippen LogP contribution in [0.25, 0.3) is 0 Å². The summed E-state index contributed by atoms with van der Waals surface area (Å²) < 4.78 is 13.0. The van der Waals surface area contributed by atoms with Crippen molar-refractivity contribution >= 4 is 5.91 Å². The van der Waals surface area contributed by atoms with Crippen molar-refractivity contribution in [1.82, 2.24) is 15.2 Å². The molecule has 3 rings (SSSR count). The molecule has 0 aliphatic carbocycles. The molecule has 1 aromatic heterocycles. The maximum Gasteiger partial charge on any atom is 0.222 e. The Labute approximate surface area is 148 Å². The average molecular weight is 341 g/mol. The highest BCUT2D eigenvalue weighted by molar-refractivity contribution is 5.78. The molecule has 1 aliphatic heterocycles. The first-order chi connectivity index (χ1) is 12.2. The van der Waals surface area contributed by atoms with E-state index in [0.717, 1.165) is 43.5 Å². The van der Waals surface area contributed by atoms with Crippen LogP contribution < -0.4 is 5.32 Å². The van der Waals surface area contributed by atoms with Crippen molar-refractivity contribution < 1.29 is 9.18 Å². The number of pyridine rings is 1. The first-order valence-electron chi connectivity index (χ1n) is 8.86. The van der Waals surface area contributed by atoms with E-state index in [-0.39, 0.29) is 11.7 Å². The Balaban J connectivity index is 1.44. The second-order valence-electron chi connectivity index (χ2n) is 6.48. The van der Waals surface area contributed by atoms with Gasteiger partial charge in [0.2, 0.25) is 5.91 Å². The molecule has 5 heteroatoms. The number of amides is 1. The van der Waals surface area contributed by atoms with Crippen molar-refractivity contribution in [2.75, 3.05) is 13.1 Å². The molecule has 0 unspecified atom stereocenters. The molecule has 0 bridgehead atoms. The molecule has 2 heterocycles. The quantitative estimate of drug-likeness (QED) is 0.751. The Hall–Kier alpha value is -2.27. The van der Waals surface area contributed by atoms with Crippen LogP contribution in [-0.2, 0) is 17.8 Å². The monoisotopic (exact) mass is 341 g/mol. The number of nitrogens with zero attached hydrogens (tertiary/aromatic N) is 2. The van der Waals surface area contributed by atoms with E-state index in [1.165, 1.54) is 12.1 Å². The van der Waals surface area contributed by atoms with Crippen molar-refractivity contribution in [2.24, 2.45) is 0 Å². The lowest BCUT2D eigenvalue weighted by molar-refractivity contribution is -0.129. The van der Waals surface area contributed by atoms with Gasteiger partial charge in [-0.1, -0.05) is 18.2 Å². The van der Waals surface area contributed by atoms with E-state index in [1.54, 1.807) is 18.3 Å². The van der Waals surface area contributed by atoms with Gasteiger partial charge in [-0.2, -0.15) is 0 Å². The Morgan fingerprint density at radius 3 is 2.80 bits per heavy atom.